The molecule has 4 nitrogen and oxygen atoms in total. The van der Waals surface area contributed by atoms with E-state index in [4.69, 9.17) is 0 Å². The zero-order valence-electron chi connectivity index (χ0n) is 12.4. The first kappa shape index (κ1) is 15.0. The van der Waals surface area contributed by atoms with Crippen molar-refractivity contribution in [3.05, 3.63) is 30.1 Å². The topological polar surface area (TPSA) is 62.2 Å². The summed E-state index contributed by atoms with van der Waals surface area (Å²) in [5, 5.41) is 13.4. The van der Waals surface area contributed by atoms with E-state index in [1.807, 2.05) is 18.2 Å². The first-order chi connectivity index (χ1) is 9.41. The Kier molecular flexibility index (Phi) is 4.43. The van der Waals surface area contributed by atoms with Gasteiger partial charge in [-0.3, -0.25) is 9.78 Å². The summed E-state index contributed by atoms with van der Waals surface area (Å²) >= 11 is 0. The molecule has 1 atom stereocenters. The molecule has 1 amide bonds. The van der Waals surface area contributed by atoms with Crippen molar-refractivity contribution >= 4 is 5.91 Å². The maximum Gasteiger partial charge on any atom is 0.251 e. The lowest BCUT2D eigenvalue weighted by atomic mass is 9.69. The van der Waals surface area contributed by atoms with Gasteiger partial charge >= 0.3 is 0 Å². The van der Waals surface area contributed by atoms with Gasteiger partial charge in [0.1, 0.15) is 5.60 Å². The van der Waals surface area contributed by atoms with Crippen molar-refractivity contribution < 1.29 is 9.90 Å². The van der Waals surface area contributed by atoms with E-state index in [0.717, 1.165) is 18.5 Å². The SMILES string of the molecule is CC1(C)CCC[C@](O)(C(=O)NCCc2ccccn2)C1. The lowest BCUT2D eigenvalue weighted by Crippen LogP contribution is -2.51. The summed E-state index contributed by atoms with van der Waals surface area (Å²) in [6.45, 7) is 4.73. The zero-order valence-corrected chi connectivity index (χ0v) is 12.4. The van der Waals surface area contributed by atoms with Crippen molar-refractivity contribution in [2.24, 2.45) is 5.41 Å². The van der Waals surface area contributed by atoms with Gasteiger partial charge in [0.2, 0.25) is 0 Å². The number of nitrogens with one attached hydrogen (secondary N) is 1. The van der Waals surface area contributed by atoms with Crippen molar-refractivity contribution in [3.8, 4) is 0 Å². The van der Waals surface area contributed by atoms with Gasteiger partial charge in [-0.25, -0.2) is 0 Å². The van der Waals surface area contributed by atoms with E-state index in [-0.39, 0.29) is 11.3 Å². The van der Waals surface area contributed by atoms with Crippen molar-refractivity contribution in [3.63, 3.8) is 0 Å². The van der Waals surface area contributed by atoms with E-state index in [9.17, 15) is 9.90 Å². The molecule has 0 bridgehead atoms. The van der Waals surface area contributed by atoms with Crippen molar-refractivity contribution in [1.29, 1.82) is 0 Å². The molecule has 1 aliphatic rings. The highest BCUT2D eigenvalue weighted by atomic mass is 16.3. The number of carbonyl (C=O) groups excluding carboxylic acids is 1. The Hall–Kier alpha value is -1.42. The number of aliphatic hydroxyl groups is 1. The maximum absolute atomic E-state index is 12.2. The number of rotatable bonds is 4. The van der Waals surface area contributed by atoms with E-state index < -0.39 is 5.60 Å². The normalized spacial score (nSPS) is 25.1. The molecule has 2 N–H and O–H groups in total. The molecule has 1 fully saturated rings. The second-order valence-corrected chi connectivity index (χ2v) is 6.55. The van der Waals surface area contributed by atoms with Crippen LogP contribution < -0.4 is 5.32 Å². The molecule has 110 valence electrons. The maximum atomic E-state index is 12.2. The van der Waals surface area contributed by atoms with Crippen LogP contribution in [0.3, 0.4) is 0 Å². The molecule has 0 aromatic carbocycles. The zero-order chi connectivity index (χ0) is 14.6. The van der Waals surface area contributed by atoms with Gasteiger partial charge in [-0.1, -0.05) is 19.9 Å². The summed E-state index contributed by atoms with van der Waals surface area (Å²) in [5.74, 6) is -0.235. The van der Waals surface area contributed by atoms with Crippen LogP contribution in [0.1, 0.15) is 45.2 Å². The Morgan fingerprint density at radius 1 is 1.40 bits per heavy atom. The van der Waals surface area contributed by atoms with Crippen LogP contribution in [0.2, 0.25) is 0 Å². The van der Waals surface area contributed by atoms with Gasteiger partial charge in [0.25, 0.3) is 5.91 Å². The van der Waals surface area contributed by atoms with Gasteiger partial charge in [0, 0.05) is 24.9 Å². The third-order valence-electron chi connectivity index (χ3n) is 4.03. The molecule has 0 aliphatic heterocycles. The molecule has 2 rings (SSSR count). The molecule has 1 aliphatic carbocycles. The Balaban J connectivity index is 1.85. The van der Waals surface area contributed by atoms with E-state index in [1.165, 1.54) is 0 Å². The van der Waals surface area contributed by atoms with E-state index in [1.54, 1.807) is 6.20 Å². The number of amides is 1. The van der Waals surface area contributed by atoms with Crippen molar-refractivity contribution in [2.45, 2.75) is 51.6 Å². The fourth-order valence-electron chi connectivity index (χ4n) is 3.04. The quantitative estimate of drug-likeness (QED) is 0.885. The number of nitrogens with zero attached hydrogens (tertiary/aromatic N) is 1. The van der Waals surface area contributed by atoms with Crippen LogP contribution in [0.25, 0.3) is 0 Å². The van der Waals surface area contributed by atoms with Gasteiger partial charge in [0.15, 0.2) is 0 Å². The number of pyridine rings is 1. The molecule has 1 aromatic rings. The van der Waals surface area contributed by atoms with Gasteiger partial charge in [-0.05, 0) is 43.2 Å². The Labute approximate surface area is 120 Å². The molecule has 20 heavy (non-hydrogen) atoms. The minimum Gasteiger partial charge on any atom is -0.380 e. The lowest BCUT2D eigenvalue weighted by Gasteiger charge is -2.40. The number of hydrogen-bond acceptors (Lipinski definition) is 3. The largest absolute Gasteiger partial charge is 0.380 e. The molecular weight excluding hydrogens is 252 g/mol. The fourth-order valence-corrected chi connectivity index (χ4v) is 3.04. The van der Waals surface area contributed by atoms with Crippen LogP contribution >= 0.6 is 0 Å². The van der Waals surface area contributed by atoms with Gasteiger partial charge < -0.3 is 10.4 Å². The molecule has 1 saturated carbocycles. The van der Waals surface area contributed by atoms with E-state index in [0.29, 0.717) is 25.8 Å². The Bertz CT molecular complexity index is 459. The molecule has 0 spiro atoms. The summed E-state index contributed by atoms with van der Waals surface area (Å²) in [6, 6.07) is 5.74. The van der Waals surface area contributed by atoms with Crippen LogP contribution in [-0.2, 0) is 11.2 Å². The molecule has 4 heteroatoms. The minimum atomic E-state index is -1.20. The highest BCUT2D eigenvalue weighted by Gasteiger charge is 2.43. The average molecular weight is 276 g/mol. The van der Waals surface area contributed by atoms with Gasteiger partial charge in [-0.2, -0.15) is 0 Å². The van der Waals surface area contributed by atoms with Gasteiger partial charge in [-0.15, -0.1) is 0 Å². The highest BCUT2D eigenvalue weighted by molar-refractivity contribution is 5.85. The number of hydrogen-bond donors (Lipinski definition) is 2. The monoisotopic (exact) mass is 276 g/mol. The molecule has 1 heterocycles. The second-order valence-electron chi connectivity index (χ2n) is 6.55. The predicted molar refractivity (Wildman–Crippen MR) is 78.1 cm³/mol. The third-order valence-corrected chi connectivity index (χ3v) is 4.03. The van der Waals surface area contributed by atoms with E-state index >= 15 is 0 Å². The van der Waals surface area contributed by atoms with Crippen LogP contribution in [0.5, 0.6) is 0 Å². The standard InChI is InChI=1S/C16H24N2O2/c1-15(2)8-5-9-16(20,12-15)14(19)18-11-7-13-6-3-4-10-17-13/h3-4,6,10,20H,5,7-9,11-12H2,1-2H3,(H,18,19)/t16-/m1/s1. The highest BCUT2D eigenvalue weighted by Crippen LogP contribution is 2.40. The number of carbonyl (C=O) groups is 1. The Morgan fingerprint density at radius 2 is 2.20 bits per heavy atom. The first-order valence-corrected chi connectivity index (χ1v) is 7.32. The molecule has 1 aromatic heterocycles. The van der Waals surface area contributed by atoms with E-state index in [2.05, 4.69) is 24.1 Å². The minimum absolute atomic E-state index is 0.0331. The third kappa shape index (κ3) is 3.79. The summed E-state index contributed by atoms with van der Waals surface area (Å²) in [7, 11) is 0. The van der Waals surface area contributed by atoms with Crippen LogP contribution in [0, 0.1) is 5.41 Å². The smallest absolute Gasteiger partial charge is 0.251 e. The summed E-state index contributed by atoms with van der Waals surface area (Å²) in [4.78, 5) is 16.4. The molecular formula is C16H24N2O2. The lowest BCUT2D eigenvalue weighted by molar-refractivity contribution is -0.147. The summed E-state index contributed by atoms with van der Waals surface area (Å²) < 4.78 is 0. The Morgan fingerprint density at radius 3 is 2.85 bits per heavy atom. The molecule has 0 unspecified atom stereocenters. The molecule has 0 saturated heterocycles. The number of aromatic nitrogens is 1. The van der Waals surface area contributed by atoms with Crippen LogP contribution in [-0.4, -0.2) is 28.1 Å². The average Bonchev–Trinajstić information content (AvgIpc) is 2.38. The summed E-state index contributed by atoms with van der Waals surface area (Å²) in [5.41, 5.74) is -0.222. The molecule has 0 radical (unpaired) electrons. The van der Waals surface area contributed by atoms with Crippen LogP contribution in [0.15, 0.2) is 24.4 Å². The fraction of sp³-hybridized carbons (Fsp3) is 0.625. The van der Waals surface area contributed by atoms with Crippen LogP contribution in [0.4, 0.5) is 0 Å². The second kappa shape index (κ2) is 5.92. The first-order valence-electron chi connectivity index (χ1n) is 7.32. The van der Waals surface area contributed by atoms with Crippen molar-refractivity contribution in [2.75, 3.05) is 6.54 Å². The van der Waals surface area contributed by atoms with Gasteiger partial charge in [0.05, 0.1) is 0 Å². The van der Waals surface area contributed by atoms with Crippen molar-refractivity contribution in [1.82, 2.24) is 10.3 Å². The predicted octanol–water partition coefficient (Wildman–Crippen LogP) is 2.07. The summed E-state index contributed by atoms with van der Waals surface area (Å²) in [6.07, 6.45) is 5.50.